The number of methoxy groups -OCH3 is 1. The Kier molecular flexibility index (Phi) is 7.18. The third kappa shape index (κ3) is 5.22. The van der Waals surface area contributed by atoms with E-state index >= 15 is 0 Å². The number of ether oxygens (including phenoxy) is 2. The number of carbonyl (C=O) groups is 2. The van der Waals surface area contributed by atoms with Gasteiger partial charge in [0, 0.05) is 11.6 Å². The smallest absolute Gasteiger partial charge is 0.325 e. The molecule has 1 aromatic carbocycles. The summed E-state index contributed by atoms with van der Waals surface area (Å²) in [6, 6.07) is 5.21. The molecule has 0 aromatic heterocycles. The number of halogens is 1. The van der Waals surface area contributed by atoms with Crippen molar-refractivity contribution in [3.05, 3.63) is 28.8 Å². The summed E-state index contributed by atoms with van der Waals surface area (Å²) in [6.45, 7) is 5.86. The number of hydrogen-bond acceptors (Lipinski definition) is 4. The molecule has 0 aliphatic heterocycles. The van der Waals surface area contributed by atoms with Crippen LogP contribution in [0, 0.1) is 6.92 Å². The molecule has 0 N–H and O–H groups in total. The summed E-state index contributed by atoms with van der Waals surface area (Å²) in [6.07, 6.45) is 0.0474. The van der Waals surface area contributed by atoms with Gasteiger partial charge in [-0.3, -0.25) is 9.59 Å². The molecule has 0 spiro atoms. The quantitative estimate of drug-likeness (QED) is 0.723. The second-order valence-electron chi connectivity index (χ2n) is 5.01. The van der Waals surface area contributed by atoms with Crippen molar-refractivity contribution in [3.8, 4) is 5.75 Å². The van der Waals surface area contributed by atoms with Crippen LogP contribution in [0.5, 0.6) is 5.75 Å². The van der Waals surface area contributed by atoms with Crippen LogP contribution in [0.3, 0.4) is 0 Å². The lowest BCUT2D eigenvalue weighted by Crippen LogP contribution is -2.43. The first-order chi connectivity index (χ1) is 10.4. The van der Waals surface area contributed by atoms with Gasteiger partial charge in [-0.25, -0.2) is 0 Å². The second kappa shape index (κ2) is 8.63. The number of esters is 1. The van der Waals surface area contributed by atoms with Gasteiger partial charge >= 0.3 is 5.97 Å². The highest BCUT2D eigenvalue weighted by Crippen LogP contribution is 2.23. The van der Waals surface area contributed by atoms with Crippen molar-refractivity contribution in [1.82, 2.24) is 4.90 Å². The zero-order chi connectivity index (χ0) is 16.7. The average Bonchev–Trinajstić information content (AvgIpc) is 2.48. The van der Waals surface area contributed by atoms with Crippen LogP contribution in [0.1, 0.15) is 25.8 Å². The lowest BCUT2D eigenvalue weighted by molar-refractivity contribution is -0.149. The van der Waals surface area contributed by atoms with Crippen molar-refractivity contribution in [1.29, 1.82) is 0 Å². The average molecular weight is 328 g/mol. The standard InChI is InChI=1S/C16H22ClNO4/c1-5-8-18(10-15(19)21-4)16(20)12(3)22-14-7-6-13(17)9-11(14)2/h6-7,9,12H,5,8,10H2,1-4H3. The maximum absolute atomic E-state index is 12.4. The van der Waals surface area contributed by atoms with Gasteiger partial charge in [0.25, 0.3) is 5.91 Å². The molecule has 0 saturated carbocycles. The van der Waals surface area contributed by atoms with Gasteiger partial charge in [-0.2, -0.15) is 0 Å². The Morgan fingerprint density at radius 1 is 1.36 bits per heavy atom. The third-order valence-corrected chi connectivity index (χ3v) is 3.38. The molecule has 0 saturated heterocycles. The molecule has 1 unspecified atom stereocenters. The molecule has 6 heteroatoms. The minimum Gasteiger partial charge on any atom is -0.481 e. The van der Waals surface area contributed by atoms with Gasteiger partial charge in [-0.05, 0) is 44.0 Å². The maximum Gasteiger partial charge on any atom is 0.325 e. The van der Waals surface area contributed by atoms with E-state index in [2.05, 4.69) is 4.74 Å². The molecule has 122 valence electrons. The molecular formula is C16H22ClNO4. The van der Waals surface area contributed by atoms with Crippen molar-refractivity contribution in [2.45, 2.75) is 33.3 Å². The zero-order valence-electron chi connectivity index (χ0n) is 13.4. The van der Waals surface area contributed by atoms with Crippen LogP contribution in [0.2, 0.25) is 5.02 Å². The van der Waals surface area contributed by atoms with Crippen molar-refractivity contribution >= 4 is 23.5 Å². The highest BCUT2D eigenvalue weighted by Gasteiger charge is 2.24. The Morgan fingerprint density at radius 2 is 2.05 bits per heavy atom. The number of aryl methyl sites for hydroxylation is 1. The molecule has 0 radical (unpaired) electrons. The molecule has 1 rings (SSSR count). The first-order valence-corrected chi connectivity index (χ1v) is 7.55. The molecule has 0 fully saturated rings. The van der Waals surface area contributed by atoms with Crippen LogP contribution in [-0.2, 0) is 14.3 Å². The summed E-state index contributed by atoms with van der Waals surface area (Å²) in [7, 11) is 1.30. The molecule has 0 heterocycles. The van der Waals surface area contributed by atoms with Crippen molar-refractivity contribution in [2.24, 2.45) is 0 Å². The van der Waals surface area contributed by atoms with Gasteiger partial charge in [-0.1, -0.05) is 18.5 Å². The normalized spacial score (nSPS) is 11.7. The van der Waals surface area contributed by atoms with Crippen molar-refractivity contribution in [2.75, 3.05) is 20.2 Å². The number of carbonyl (C=O) groups excluding carboxylic acids is 2. The Hall–Kier alpha value is -1.75. The lowest BCUT2D eigenvalue weighted by Gasteiger charge is -2.25. The van der Waals surface area contributed by atoms with Crippen molar-refractivity contribution in [3.63, 3.8) is 0 Å². The van der Waals surface area contributed by atoms with E-state index in [1.807, 2.05) is 13.8 Å². The van der Waals surface area contributed by atoms with E-state index in [0.29, 0.717) is 17.3 Å². The summed E-state index contributed by atoms with van der Waals surface area (Å²) >= 11 is 5.90. The minimum absolute atomic E-state index is 0.0729. The van der Waals surface area contributed by atoms with Crippen LogP contribution in [0.25, 0.3) is 0 Å². The molecule has 0 aliphatic carbocycles. The first kappa shape index (κ1) is 18.3. The molecule has 1 atom stereocenters. The van der Waals surface area contributed by atoms with Gasteiger partial charge in [0.1, 0.15) is 12.3 Å². The van der Waals surface area contributed by atoms with Gasteiger partial charge < -0.3 is 14.4 Å². The second-order valence-corrected chi connectivity index (χ2v) is 5.44. The van der Waals surface area contributed by atoms with E-state index in [1.165, 1.54) is 12.0 Å². The number of benzene rings is 1. The number of amides is 1. The summed E-state index contributed by atoms with van der Waals surface area (Å²) in [4.78, 5) is 25.3. The maximum atomic E-state index is 12.4. The number of hydrogen-bond donors (Lipinski definition) is 0. The third-order valence-electron chi connectivity index (χ3n) is 3.14. The molecule has 5 nitrogen and oxygen atoms in total. The van der Waals surface area contributed by atoms with Crippen LogP contribution in [0.15, 0.2) is 18.2 Å². The molecule has 0 bridgehead atoms. The summed E-state index contributed by atoms with van der Waals surface area (Å²) in [5.74, 6) is -0.0990. The number of nitrogens with zero attached hydrogens (tertiary/aromatic N) is 1. The van der Waals surface area contributed by atoms with Gasteiger partial charge in [0.2, 0.25) is 0 Å². The fourth-order valence-corrected chi connectivity index (χ4v) is 2.23. The van der Waals surface area contributed by atoms with Gasteiger partial charge in [0.15, 0.2) is 6.10 Å². The Balaban J connectivity index is 2.77. The predicted octanol–water partition coefficient (Wildman–Crippen LogP) is 2.83. The van der Waals surface area contributed by atoms with Gasteiger partial charge in [-0.15, -0.1) is 0 Å². The Morgan fingerprint density at radius 3 is 2.59 bits per heavy atom. The highest BCUT2D eigenvalue weighted by atomic mass is 35.5. The minimum atomic E-state index is -0.698. The summed E-state index contributed by atoms with van der Waals surface area (Å²) in [5.41, 5.74) is 0.849. The zero-order valence-corrected chi connectivity index (χ0v) is 14.1. The predicted molar refractivity (Wildman–Crippen MR) is 85.2 cm³/mol. The molecule has 1 amide bonds. The van der Waals surface area contributed by atoms with E-state index in [4.69, 9.17) is 16.3 Å². The van der Waals surface area contributed by atoms with E-state index in [-0.39, 0.29) is 12.5 Å². The first-order valence-electron chi connectivity index (χ1n) is 7.17. The fourth-order valence-electron chi connectivity index (χ4n) is 2.00. The fraction of sp³-hybridized carbons (Fsp3) is 0.500. The van der Waals surface area contributed by atoms with Crippen molar-refractivity contribution < 1.29 is 19.1 Å². The lowest BCUT2D eigenvalue weighted by atomic mass is 10.2. The largest absolute Gasteiger partial charge is 0.481 e. The van der Waals surface area contributed by atoms with Gasteiger partial charge in [0.05, 0.1) is 7.11 Å². The van der Waals surface area contributed by atoms with E-state index in [9.17, 15) is 9.59 Å². The highest BCUT2D eigenvalue weighted by molar-refractivity contribution is 6.30. The monoisotopic (exact) mass is 327 g/mol. The SMILES string of the molecule is CCCN(CC(=O)OC)C(=O)C(C)Oc1ccc(Cl)cc1C. The molecule has 22 heavy (non-hydrogen) atoms. The Bertz CT molecular complexity index is 533. The topological polar surface area (TPSA) is 55.8 Å². The number of rotatable bonds is 7. The van der Waals surface area contributed by atoms with Crippen LogP contribution >= 0.6 is 11.6 Å². The van der Waals surface area contributed by atoms with E-state index < -0.39 is 12.1 Å². The summed E-state index contributed by atoms with van der Waals surface area (Å²) in [5, 5.41) is 0.613. The molecule has 0 aliphatic rings. The van der Waals surface area contributed by atoms with Crippen LogP contribution in [0.4, 0.5) is 0 Å². The summed E-state index contributed by atoms with van der Waals surface area (Å²) < 4.78 is 10.3. The Labute approximate surface area is 136 Å². The molecule has 1 aromatic rings. The van der Waals surface area contributed by atoms with Crippen LogP contribution < -0.4 is 4.74 Å². The van der Waals surface area contributed by atoms with Crippen LogP contribution in [-0.4, -0.2) is 43.1 Å². The molecular weight excluding hydrogens is 306 g/mol. The van der Waals surface area contributed by atoms with E-state index in [1.54, 1.807) is 25.1 Å². The van der Waals surface area contributed by atoms with E-state index in [0.717, 1.165) is 12.0 Å².